The van der Waals surface area contributed by atoms with E-state index in [0.29, 0.717) is 18.5 Å². The van der Waals surface area contributed by atoms with Gasteiger partial charge in [0.05, 0.1) is 13.1 Å². The second kappa shape index (κ2) is 8.33. The van der Waals surface area contributed by atoms with Crippen LogP contribution >= 0.6 is 0 Å². The van der Waals surface area contributed by atoms with Crippen molar-refractivity contribution in [2.24, 2.45) is 10.9 Å². The van der Waals surface area contributed by atoms with Crippen LogP contribution in [0.2, 0.25) is 0 Å². The van der Waals surface area contributed by atoms with E-state index < -0.39 is 0 Å². The number of imidazole rings is 1. The lowest BCUT2D eigenvalue weighted by Crippen LogP contribution is -2.47. The number of fused-ring (bicyclic) bond motifs is 1. The maximum absolute atomic E-state index is 4.57. The van der Waals surface area contributed by atoms with E-state index in [-0.39, 0.29) is 0 Å². The van der Waals surface area contributed by atoms with Gasteiger partial charge in [0.2, 0.25) is 0 Å². The van der Waals surface area contributed by atoms with Crippen molar-refractivity contribution in [3.05, 3.63) is 29.9 Å². The predicted octanol–water partition coefficient (Wildman–Crippen LogP) is 1.37. The van der Waals surface area contributed by atoms with E-state index in [2.05, 4.69) is 56.0 Å². The van der Waals surface area contributed by atoms with Crippen LogP contribution in [0.3, 0.4) is 0 Å². The van der Waals surface area contributed by atoms with Crippen LogP contribution in [-0.2, 0) is 32.5 Å². The van der Waals surface area contributed by atoms with Crippen LogP contribution in [0.25, 0.3) is 0 Å². The van der Waals surface area contributed by atoms with Gasteiger partial charge in [0.15, 0.2) is 11.8 Å². The first-order valence-electron chi connectivity index (χ1n) is 9.48. The molecule has 0 radical (unpaired) electrons. The Kier molecular flexibility index (Phi) is 5.90. The highest BCUT2D eigenvalue weighted by Gasteiger charge is 2.22. The molecule has 0 fully saturated rings. The largest absolute Gasteiger partial charge is 0.352 e. The summed E-state index contributed by atoms with van der Waals surface area (Å²) in [5.74, 6) is 4.44. The average molecular weight is 358 g/mol. The number of guanidine groups is 1. The summed E-state index contributed by atoms with van der Waals surface area (Å²) in [4.78, 5) is 13.4. The zero-order chi connectivity index (χ0) is 18.5. The first kappa shape index (κ1) is 18.4. The molecule has 0 amide bonds. The summed E-state index contributed by atoms with van der Waals surface area (Å²) in [6, 6.07) is 0.301. The molecule has 3 rings (SSSR count). The molecule has 0 saturated heterocycles. The molecule has 8 nitrogen and oxygen atoms in total. The molecule has 0 bridgehead atoms. The predicted molar refractivity (Wildman–Crippen MR) is 102 cm³/mol. The molecule has 1 aliphatic heterocycles. The summed E-state index contributed by atoms with van der Waals surface area (Å²) in [5, 5.41) is 11.5. The minimum absolute atomic E-state index is 0.301. The third-order valence-corrected chi connectivity index (χ3v) is 4.56. The Balaban J connectivity index is 1.55. The molecule has 2 aromatic heterocycles. The van der Waals surface area contributed by atoms with Gasteiger partial charge in [0, 0.05) is 44.9 Å². The van der Waals surface area contributed by atoms with E-state index in [1.165, 1.54) is 0 Å². The van der Waals surface area contributed by atoms with Gasteiger partial charge in [-0.1, -0.05) is 20.8 Å². The summed E-state index contributed by atoms with van der Waals surface area (Å²) in [5.41, 5.74) is 0. The van der Waals surface area contributed by atoms with Gasteiger partial charge in [-0.25, -0.2) is 14.6 Å². The molecule has 2 N–H and O–H groups in total. The van der Waals surface area contributed by atoms with Crippen molar-refractivity contribution in [2.45, 2.75) is 65.7 Å². The van der Waals surface area contributed by atoms with E-state index >= 15 is 0 Å². The Bertz CT molecular complexity index is 742. The minimum atomic E-state index is 0.301. The van der Waals surface area contributed by atoms with Crippen LogP contribution < -0.4 is 10.6 Å². The quantitative estimate of drug-likeness (QED) is 0.602. The van der Waals surface area contributed by atoms with Gasteiger partial charge < -0.3 is 15.2 Å². The first-order chi connectivity index (χ1) is 12.6. The molecular weight excluding hydrogens is 328 g/mol. The normalized spacial score (nSPS) is 17.4. The van der Waals surface area contributed by atoms with Gasteiger partial charge in [-0.2, -0.15) is 5.10 Å². The van der Waals surface area contributed by atoms with Gasteiger partial charge in [0.1, 0.15) is 11.6 Å². The molecule has 0 aromatic carbocycles. The molecule has 3 heterocycles. The number of rotatable bonds is 6. The molecule has 1 unspecified atom stereocenters. The molecule has 0 spiro atoms. The maximum atomic E-state index is 4.57. The van der Waals surface area contributed by atoms with Crippen molar-refractivity contribution >= 4 is 5.96 Å². The van der Waals surface area contributed by atoms with E-state index in [0.717, 1.165) is 55.8 Å². The van der Waals surface area contributed by atoms with Gasteiger partial charge in [-0.05, 0) is 12.3 Å². The fourth-order valence-corrected chi connectivity index (χ4v) is 3.25. The first-order valence-corrected chi connectivity index (χ1v) is 9.48. The fraction of sp³-hybridized carbons (Fsp3) is 0.667. The molecule has 26 heavy (non-hydrogen) atoms. The van der Waals surface area contributed by atoms with Crippen molar-refractivity contribution < 1.29 is 0 Å². The van der Waals surface area contributed by atoms with E-state index in [9.17, 15) is 0 Å². The third kappa shape index (κ3) is 4.42. The Morgan fingerprint density at radius 3 is 3.00 bits per heavy atom. The lowest BCUT2D eigenvalue weighted by Gasteiger charge is -2.25. The van der Waals surface area contributed by atoms with Gasteiger partial charge in [-0.15, -0.1) is 0 Å². The van der Waals surface area contributed by atoms with Crippen molar-refractivity contribution in [1.29, 1.82) is 0 Å². The molecule has 142 valence electrons. The van der Waals surface area contributed by atoms with E-state index in [4.69, 9.17) is 0 Å². The summed E-state index contributed by atoms with van der Waals surface area (Å²) in [6.07, 6.45) is 6.75. The monoisotopic (exact) mass is 358 g/mol. The van der Waals surface area contributed by atoms with Crippen LogP contribution in [0.1, 0.15) is 44.7 Å². The second-order valence-corrected chi connectivity index (χ2v) is 7.18. The summed E-state index contributed by atoms with van der Waals surface area (Å²) in [7, 11) is 1.80. The van der Waals surface area contributed by atoms with Crippen molar-refractivity contribution in [3.63, 3.8) is 0 Å². The molecule has 1 atom stereocenters. The van der Waals surface area contributed by atoms with Crippen molar-refractivity contribution in [2.75, 3.05) is 7.05 Å². The van der Waals surface area contributed by atoms with Crippen LogP contribution in [-0.4, -0.2) is 43.4 Å². The smallest absolute Gasteiger partial charge is 0.191 e. The molecule has 0 saturated carbocycles. The van der Waals surface area contributed by atoms with Crippen molar-refractivity contribution in [3.8, 4) is 0 Å². The fourth-order valence-electron chi connectivity index (χ4n) is 3.25. The zero-order valence-corrected chi connectivity index (χ0v) is 16.2. The van der Waals surface area contributed by atoms with E-state index in [1.807, 2.05) is 17.1 Å². The minimum Gasteiger partial charge on any atom is -0.352 e. The van der Waals surface area contributed by atoms with Gasteiger partial charge in [-0.3, -0.25) is 4.99 Å². The Morgan fingerprint density at radius 2 is 2.27 bits per heavy atom. The third-order valence-electron chi connectivity index (χ3n) is 4.56. The number of nitrogens with one attached hydrogen (secondary N) is 2. The Labute approximate surface area is 155 Å². The highest BCUT2D eigenvalue weighted by atomic mass is 15.4. The lowest BCUT2D eigenvalue weighted by atomic mass is 10.1. The van der Waals surface area contributed by atoms with Crippen molar-refractivity contribution in [1.82, 2.24) is 34.9 Å². The summed E-state index contributed by atoms with van der Waals surface area (Å²) < 4.78 is 4.22. The number of aryl methyl sites for hydroxylation is 2. The molecule has 1 aliphatic rings. The maximum Gasteiger partial charge on any atom is 0.191 e. The van der Waals surface area contributed by atoms with E-state index in [1.54, 1.807) is 7.05 Å². The number of aromatic nitrogens is 5. The Hall–Kier alpha value is -2.38. The van der Waals surface area contributed by atoms with Crippen LogP contribution in [0, 0.1) is 5.92 Å². The number of hydrogen-bond donors (Lipinski definition) is 2. The highest BCUT2D eigenvalue weighted by Crippen LogP contribution is 2.13. The zero-order valence-electron chi connectivity index (χ0n) is 16.2. The van der Waals surface area contributed by atoms with Gasteiger partial charge >= 0.3 is 0 Å². The summed E-state index contributed by atoms with van der Waals surface area (Å²) >= 11 is 0. The van der Waals surface area contributed by atoms with Gasteiger partial charge in [0.25, 0.3) is 0 Å². The second-order valence-electron chi connectivity index (χ2n) is 7.18. The molecule has 8 heteroatoms. The lowest BCUT2D eigenvalue weighted by molar-refractivity contribution is 0.391. The number of nitrogens with zero attached hydrogens (tertiary/aromatic N) is 6. The standard InChI is InChI=1S/C18H30N8/c1-5-15-23-16-7-6-14(12-26(16)24-15)22-18(19-4)21-10-17-20-8-9-25(17)11-13(2)3/h8-9,13-14H,5-7,10-12H2,1-4H3,(H2,19,21,22). The number of hydrogen-bond acceptors (Lipinski definition) is 4. The average Bonchev–Trinajstić information content (AvgIpc) is 3.23. The topological polar surface area (TPSA) is 84.9 Å². The van der Waals surface area contributed by atoms with Crippen LogP contribution in [0.4, 0.5) is 0 Å². The molecular formula is C18H30N8. The van der Waals surface area contributed by atoms with Crippen LogP contribution in [0.15, 0.2) is 17.4 Å². The van der Waals surface area contributed by atoms with Crippen LogP contribution in [0.5, 0.6) is 0 Å². The highest BCUT2D eigenvalue weighted by molar-refractivity contribution is 5.79. The molecule has 0 aliphatic carbocycles. The SMILES string of the molecule is CCc1nc2n(n1)CC(NC(=NC)NCc1nccn1CC(C)C)CC2. The number of aliphatic imine (C=N–C) groups is 1. The Morgan fingerprint density at radius 1 is 1.42 bits per heavy atom. The summed E-state index contributed by atoms with van der Waals surface area (Å²) in [6.45, 7) is 8.96. The molecule has 2 aromatic rings.